The van der Waals surface area contributed by atoms with Crippen LogP contribution in [0.15, 0.2) is 47.8 Å². The Kier molecular flexibility index (Phi) is 4.29. The molecule has 6 atom stereocenters. The number of carbonyl (C=O) groups is 1. The van der Waals surface area contributed by atoms with Gasteiger partial charge in [-0.1, -0.05) is 12.2 Å². The lowest BCUT2D eigenvalue weighted by Crippen LogP contribution is -2.65. The van der Waals surface area contributed by atoms with Crippen LogP contribution in [-0.4, -0.2) is 65.0 Å². The number of aliphatic hydroxyl groups excluding tert-OH is 1. The fourth-order valence-corrected chi connectivity index (χ4v) is 4.85. The highest BCUT2D eigenvalue weighted by Gasteiger charge is 2.50. The number of ether oxygens (including phenoxy) is 1. The molecule has 3 fully saturated rings. The standard InChI is InChI=1S/C20H26N2O4/c1-3-20(25)11-22-7-6-12(20)8-17(22)19(24)15-10-18(23)21-16-5-4-13(26-2)9-14(15)16/h3-5,9,12,16-17,19,24-25H,1,6-8,10-11H2,2H3,(H,21,23)/t12-,16+,17-,19+,20+/m0/s1. The Morgan fingerprint density at radius 2 is 2.35 bits per heavy atom. The van der Waals surface area contributed by atoms with Crippen molar-refractivity contribution in [2.45, 2.75) is 43.1 Å². The lowest BCUT2D eigenvalue weighted by molar-refractivity contribution is -0.126. The summed E-state index contributed by atoms with van der Waals surface area (Å²) in [6.45, 7) is 5.12. The molecule has 2 bridgehead atoms. The van der Waals surface area contributed by atoms with Crippen molar-refractivity contribution in [2.75, 3.05) is 20.2 Å². The van der Waals surface area contributed by atoms with E-state index in [9.17, 15) is 15.0 Å². The molecule has 0 radical (unpaired) electrons. The predicted octanol–water partition coefficient (Wildman–Crippen LogP) is 0.644. The van der Waals surface area contributed by atoms with Crippen LogP contribution in [0, 0.1) is 5.92 Å². The van der Waals surface area contributed by atoms with E-state index in [4.69, 9.17) is 4.74 Å². The molecule has 26 heavy (non-hydrogen) atoms. The van der Waals surface area contributed by atoms with Gasteiger partial charge < -0.3 is 20.3 Å². The molecule has 0 aromatic rings. The van der Waals surface area contributed by atoms with Gasteiger partial charge in [0.25, 0.3) is 0 Å². The van der Waals surface area contributed by atoms with E-state index >= 15 is 0 Å². The number of carbonyl (C=O) groups excluding carboxylic acids is 1. The topological polar surface area (TPSA) is 82.0 Å². The monoisotopic (exact) mass is 358 g/mol. The van der Waals surface area contributed by atoms with Crippen molar-refractivity contribution >= 4 is 5.91 Å². The van der Waals surface area contributed by atoms with E-state index in [0.29, 0.717) is 18.7 Å². The van der Waals surface area contributed by atoms with E-state index in [-0.39, 0.29) is 30.3 Å². The zero-order valence-corrected chi connectivity index (χ0v) is 15.0. The highest BCUT2D eigenvalue weighted by molar-refractivity contribution is 5.83. The van der Waals surface area contributed by atoms with E-state index in [0.717, 1.165) is 24.1 Å². The van der Waals surface area contributed by atoms with Gasteiger partial charge in [0, 0.05) is 12.6 Å². The van der Waals surface area contributed by atoms with Gasteiger partial charge in [-0.25, -0.2) is 0 Å². The molecular weight excluding hydrogens is 332 g/mol. The number of fused-ring (bicyclic) bond motifs is 4. The minimum absolute atomic E-state index is 0.0784. The Labute approximate surface area is 153 Å². The molecule has 0 aromatic heterocycles. The molecule has 1 unspecified atom stereocenters. The van der Waals surface area contributed by atoms with Crippen LogP contribution >= 0.6 is 0 Å². The van der Waals surface area contributed by atoms with E-state index in [1.165, 1.54) is 0 Å². The summed E-state index contributed by atoms with van der Waals surface area (Å²) in [6, 6.07) is -0.311. The van der Waals surface area contributed by atoms with Gasteiger partial charge in [0.1, 0.15) is 5.76 Å². The van der Waals surface area contributed by atoms with Gasteiger partial charge in [-0.05, 0) is 48.6 Å². The summed E-state index contributed by atoms with van der Waals surface area (Å²) in [5.74, 6) is 0.730. The second-order valence-electron chi connectivity index (χ2n) is 7.71. The number of allylic oxidation sites excluding steroid dienone is 1. The number of methoxy groups -OCH3 is 1. The molecule has 5 aliphatic rings. The Morgan fingerprint density at radius 1 is 1.54 bits per heavy atom. The van der Waals surface area contributed by atoms with Crippen LogP contribution in [0.2, 0.25) is 0 Å². The van der Waals surface area contributed by atoms with Crippen LogP contribution < -0.4 is 5.32 Å². The molecule has 5 rings (SSSR count). The maximum atomic E-state index is 12.2. The van der Waals surface area contributed by atoms with Crippen molar-refractivity contribution in [2.24, 2.45) is 5.92 Å². The normalized spacial score (nSPS) is 39.8. The first kappa shape index (κ1) is 17.5. The van der Waals surface area contributed by atoms with Crippen LogP contribution in [0.5, 0.6) is 0 Å². The molecule has 6 nitrogen and oxygen atoms in total. The lowest BCUT2D eigenvalue weighted by atomic mass is 9.70. The number of aliphatic hydroxyl groups is 2. The van der Waals surface area contributed by atoms with Crippen molar-refractivity contribution in [1.29, 1.82) is 0 Å². The van der Waals surface area contributed by atoms with Crippen LogP contribution in [0.1, 0.15) is 19.3 Å². The Morgan fingerprint density at radius 3 is 3.00 bits per heavy atom. The van der Waals surface area contributed by atoms with Crippen LogP contribution in [0.4, 0.5) is 0 Å². The maximum absolute atomic E-state index is 12.2. The zero-order valence-electron chi connectivity index (χ0n) is 15.0. The second kappa shape index (κ2) is 6.37. The smallest absolute Gasteiger partial charge is 0.224 e. The van der Waals surface area contributed by atoms with Gasteiger partial charge >= 0.3 is 0 Å². The van der Waals surface area contributed by atoms with E-state index < -0.39 is 11.7 Å². The van der Waals surface area contributed by atoms with Gasteiger partial charge in [-0.15, -0.1) is 6.58 Å². The molecule has 0 aromatic carbocycles. The summed E-state index contributed by atoms with van der Waals surface area (Å²) in [5, 5.41) is 24.9. The van der Waals surface area contributed by atoms with Crippen molar-refractivity contribution in [3.63, 3.8) is 0 Å². The summed E-state index contributed by atoms with van der Waals surface area (Å²) >= 11 is 0. The Bertz CT molecular complexity index is 725. The first-order valence-electron chi connectivity index (χ1n) is 9.19. The molecular formula is C20H26N2O4. The average Bonchev–Trinajstić information content (AvgIpc) is 2.66. The van der Waals surface area contributed by atoms with Crippen molar-refractivity contribution in [3.8, 4) is 0 Å². The summed E-state index contributed by atoms with van der Waals surface area (Å²) in [6.07, 6.45) is 8.31. The summed E-state index contributed by atoms with van der Waals surface area (Å²) in [5.41, 5.74) is 0.797. The highest BCUT2D eigenvalue weighted by Crippen LogP contribution is 2.42. The third-order valence-electron chi connectivity index (χ3n) is 6.36. The number of hydrogen-bond donors (Lipinski definition) is 3. The molecule has 4 heterocycles. The van der Waals surface area contributed by atoms with Gasteiger partial charge in [0.05, 0.1) is 31.3 Å². The molecule has 140 valence electrons. The molecule has 0 saturated carbocycles. The number of nitrogens with zero attached hydrogens (tertiary/aromatic N) is 1. The van der Waals surface area contributed by atoms with E-state index in [1.54, 1.807) is 13.2 Å². The number of nitrogens with one attached hydrogen (secondary N) is 1. The zero-order chi connectivity index (χ0) is 18.5. The Balaban J connectivity index is 1.65. The minimum atomic E-state index is -0.880. The van der Waals surface area contributed by atoms with Crippen molar-refractivity contribution < 1.29 is 19.7 Å². The number of rotatable bonds is 4. The van der Waals surface area contributed by atoms with Gasteiger partial charge in [-0.2, -0.15) is 0 Å². The number of piperidine rings is 3. The predicted molar refractivity (Wildman–Crippen MR) is 97.0 cm³/mol. The molecule has 6 heteroatoms. The van der Waals surface area contributed by atoms with Crippen LogP contribution in [-0.2, 0) is 9.53 Å². The SMILES string of the molecule is C=C[C@@]1(O)CN2CC[C@H]1C[C@H]2[C@H](O)C1=C2C=C(OC)C=C[C@H]2NC(=O)C1. The quantitative estimate of drug-likeness (QED) is 0.643. The summed E-state index contributed by atoms with van der Waals surface area (Å²) < 4.78 is 5.32. The van der Waals surface area contributed by atoms with E-state index in [2.05, 4.69) is 16.8 Å². The molecule has 1 aliphatic carbocycles. The summed E-state index contributed by atoms with van der Waals surface area (Å²) in [4.78, 5) is 14.3. The van der Waals surface area contributed by atoms with Crippen LogP contribution in [0.3, 0.4) is 0 Å². The Hall–Kier alpha value is -1.89. The highest BCUT2D eigenvalue weighted by atomic mass is 16.5. The molecule has 3 N–H and O–H groups in total. The fraction of sp³-hybridized carbons (Fsp3) is 0.550. The molecule has 3 saturated heterocycles. The number of hydrogen-bond acceptors (Lipinski definition) is 5. The first-order valence-corrected chi connectivity index (χ1v) is 9.19. The minimum Gasteiger partial charge on any atom is -0.497 e. The van der Waals surface area contributed by atoms with Gasteiger partial charge in [-0.3, -0.25) is 9.69 Å². The average molecular weight is 358 g/mol. The fourth-order valence-electron chi connectivity index (χ4n) is 4.85. The summed E-state index contributed by atoms with van der Waals surface area (Å²) in [7, 11) is 1.61. The molecule has 4 aliphatic heterocycles. The number of amides is 1. The third-order valence-corrected chi connectivity index (χ3v) is 6.36. The third kappa shape index (κ3) is 2.73. The largest absolute Gasteiger partial charge is 0.497 e. The van der Waals surface area contributed by atoms with Gasteiger partial charge in [0.15, 0.2) is 0 Å². The van der Waals surface area contributed by atoms with Crippen molar-refractivity contribution in [3.05, 3.63) is 47.8 Å². The lowest BCUT2D eigenvalue weighted by Gasteiger charge is -2.54. The molecule has 0 spiro atoms. The van der Waals surface area contributed by atoms with Gasteiger partial charge in [0.2, 0.25) is 5.91 Å². The first-order chi connectivity index (χ1) is 12.4. The van der Waals surface area contributed by atoms with Crippen LogP contribution in [0.25, 0.3) is 0 Å². The van der Waals surface area contributed by atoms with Crippen molar-refractivity contribution in [1.82, 2.24) is 10.2 Å². The second-order valence-corrected chi connectivity index (χ2v) is 7.71. The van der Waals surface area contributed by atoms with E-state index in [1.807, 2.05) is 18.2 Å². The maximum Gasteiger partial charge on any atom is 0.224 e. The molecule has 1 amide bonds.